The number of amides is 1. The quantitative estimate of drug-likeness (QED) is 0.910. The van der Waals surface area contributed by atoms with Gasteiger partial charge in [0.25, 0.3) is 5.91 Å². The number of hydrogen-bond acceptors (Lipinski definition) is 3. The molecule has 1 aliphatic heterocycles. The molecule has 0 bridgehead atoms. The third-order valence-electron chi connectivity index (χ3n) is 5.02. The van der Waals surface area contributed by atoms with Crippen LogP contribution in [0.15, 0.2) is 48.5 Å². The second-order valence-electron chi connectivity index (χ2n) is 7.14. The number of nitrogens with one attached hydrogen (secondary N) is 1. The van der Waals surface area contributed by atoms with Gasteiger partial charge in [-0.05, 0) is 43.5 Å². The van der Waals surface area contributed by atoms with Crippen LogP contribution in [0.4, 0.5) is 0 Å². The van der Waals surface area contributed by atoms with Gasteiger partial charge in [-0.15, -0.1) is 0 Å². The third-order valence-corrected chi connectivity index (χ3v) is 5.02. The summed E-state index contributed by atoms with van der Waals surface area (Å²) in [5.41, 5.74) is 3.28. The largest absolute Gasteiger partial charge is 0.496 e. The minimum absolute atomic E-state index is 0.0945. The van der Waals surface area contributed by atoms with Gasteiger partial charge in [-0.2, -0.15) is 0 Å². The van der Waals surface area contributed by atoms with Crippen molar-refractivity contribution in [3.63, 3.8) is 0 Å². The van der Waals surface area contributed by atoms with Crippen molar-refractivity contribution in [2.45, 2.75) is 32.4 Å². The van der Waals surface area contributed by atoms with E-state index in [4.69, 9.17) is 4.74 Å². The van der Waals surface area contributed by atoms with E-state index in [2.05, 4.69) is 48.3 Å². The summed E-state index contributed by atoms with van der Waals surface area (Å²) in [4.78, 5) is 15.0. The average Bonchev–Trinajstić information content (AvgIpc) is 2.65. The van der Waals surface area contributed by atoms with E-state index < -0.39 is 0 Å². The van der Waals surface area contributed by atoms with Gasteiger partial charge in [0.05, 0.1) is 12.7 Å². The van der Waals surface area contributed by atoms with E-state index in [0.29, 0.717) is 17.9 Å². The van der Waals surface area contributed by atoms with Gasteiger partial charge in [-0.3, -0.25) is 9.69 Å². The van der Waals surface area contributed by atoms with Crippen molar-refractivity contribution < 1.29 is 9.53 Å². The van der Waals surface area contributed by atoms with E-state index in [1.807, 2.05) is 18.2 Å². The molecule has 2 aromatic carbocycles. The molecule has 1 aliphatic rings. The van der Waals surface area contributed by atoms with Crippen LogP contribution in [-0.2, 0) is 13.0 Å². The zero-order chi connectivity index (χ0) is 17.9. The molecule has 1 amide bonds. The molecule has 4 nitrogen and oxygen atoms in total. The van der Waals surface area contributed by atoms with Crippen LogP contribution in [0, 0.1) is 0 Å². The Hall–Kier alpha value is -2.33. The number of carbonyl (C=O) groups excluding carboxylic acids is 1. The third kappa shape index (κ3) is 3.85. The van der Waals surface area contributed by atoms with Crippen LogP contribution in [0.25, 0.3) is 0 Å². The van der Waals surface area contributed by atoms with Gasteiger partial charge in [-0.25, -0.2) is 0 Å². The van der Waals surface area contributed by atoms with Crippen LogP contribution in [0.2, 0.25) is 0 Å². The number of rotatable bonds is 5. The van der Waals surface area contributed by atoms with Crippen LogP contribution in [0.5, 0.6) is 5.75 Å². The highest BCUT2D eigenvalue weighted by molar-refractivity contribution is 5.96. The number of fused-ring (bicyclic) bond motifs is 1. The van der Waals surface area contributed by atoms with Crippen molar-refractivity contribution in [1.82, 2.24) is 10.2 Å². The molecule has 132 valence electrons. The molecule has 0 atom stereocenters. The highest BCUT2D eigenvalue weighted by Crippen LogP contribution is 2.25. The Labute approximate surface area is 149 Å². The first-order valence-corrected chi connectivity index (χ1v) is 8.74. The Balaban J connectivity index is 1.65. The fourth-order valence-corrected chi connectivity index (χ4v) is 3.35. The van der Waals surface area contributed by atoms with Gasteiger partial charge in [0.2, 0.25) is 0 Å². The number of ether oxygens (including phenoxy) is 1. The number of hydrogen-bond donors (Lipinski definition) is 1. The predicted octanol–water partition coefficient (Wildman–Crippen LogP) is 3.26. The summed E-state index contributed by atoms with van der Waals surface area (Å²) in [6, 6.07) is 15.9. The molecule has 3 rings (SSSR count). The minimum atomic E-state index is -0.120. The number of nitrogens with zero attached hydrogens (tertiary/aromatic N) is 1. The van der Waals surface area contributed by atoms with Crippen molar-refractivity contribution in [2.24, 2.45) is 0 Å². The lowest BCUT2D eigenvalue weighted by Crippen LogP contribution is -2.53. The van der Waals surface area contributed by atoms with Crippen LogP contribution in [0.1, 0.15) is 35.3 Å². The van der Waals surface area contributed by atoms with Gasteiger partial charge in [-0.1, -0.05) is 36.4 Å². The molecule has 0 radical (unpaired) electrons. The number of para-hydroxylation sites is 1. The topological polar surface area (TPSA) is 41.6 Å². The SMILES string of the molecule is COc1ccccc1C(=O)NCC(C)(C)N1CCc2ccccc2C1. The summed E-state index contributed by atoms with van der Waals surface area (Å²) >= 11 is 0. The Morgan fingerprint density at radius 1 is 1.12 bits per heavy atom. The van der Waals surface area contributed by atoms with Crippen molar-refractivity contribution in [1.29, 1.82) is 0 Å². The van der Waals surface area contributed by atoms with Crippen molar-refractivity contribution >= 4 is 5.91 Å². The molecule has 0 aromatic heterocycles. The molecule has 0 fully saturated rings. The fraction of sp³-hybridized carbons (Fsp3) is 0.381. The molecule has 0 saturated carbocycles. The summed E-state index contributed by atoms with van der Waals surface area (Å²) in [6.45, 7) is 6.89. The smallest absolute Gasteiger partial charge is 0.255 e. The van der Waals surface area contributed by atoms with E-state index in [1.54, 1.807) is 13.2 Å². The summed E-state index contributed by atoms with van der Waals surface area (Å²) < 4.78 is 5.28. The Bertz CT molecular complexity index is 755. The van der Waals surface area contributed by atoms with Gasteiger partial charge in [0, 0.05) is 25.2 Å². The number of benzene rings is 2. The molecule has 0 saturated heterocycles. The summed E-state index contributed by atoms with van der Waals surface area (Å²) in [5.74, 6) is 0.507. The summed E-state index contributed by atoms with van der Waals surface area (Å²) in [7, 11) is 1.58. The van der Waals surface area contributed by atoms with Crippen LogP contribution in [0.3, 0.4) is 0 Å². The van der Waals surface area contributed by atoms with Gasteiger partial charge in [0.1, 0.15) is 5.75 Å². The molecule has 2 aromatic rings. The zero-order valence-electron chi connectivity index (χ0n) is 15.2. The Morgan fingerprint density at radius 3 is 2.56 bits per heavy atom. The molecule has 1 N–H and O–H groups in total. The van der Waals surface area contributed by atoms with Crippen LogP contribution >= 0.6 is 0 Å². The normalized spacial score (nSPS) is 14.7. The van der Waals surface area contributed by atoms with Crippen molar-refractivity contribution in [3.05, 3.63) is 65.2 Å². The zero-order valence-corrected chi connectivity index (χ0v) is 15.2. The lowest BCUT2D eigenvalue weighted by molar-refractivity contribution is 0.0824. The van der Waals surface area contributed by atoms with Crippen LogP contribution in [-0.4, -0.2) is 36.5 Å². The maximum Gasteiger partial charge on any atom is 0.255 e. The molecule has 0 unspecified atom stereocenters. The van der Waals surface area contributed by atoms with Gasteiger partial charge < -0.3 is 10.1 Å². The van der Waals surface area contributed by atoms with Crippen molar-refractivity contribution in [3.8, 4) is 5.75 Å². The molecular weight excluding hydrogens is 312 g/mol. The van der Waals surface area contributed by atoms with E-state index in [1.165, 1.54) is 11.1 Å². The number of methoxy groups -OCH3 is 1. The molecule has 25 heavy (non-hydrogen) atoms. The maximum atomic E-state index is 12.5. The van der Waals surface area contributed by atoms with E-state index >= 15 is 0 Å². The summed E-state index contributed by atoms with van der Waals surface area (Å²) in [6.07, 6.45) is 1.06. The summed E-state index contributed by atoms with van der Waals surface area (Å²) in [5, 5.41) is 3.07. The molecule has 4 heteroatoms. The molecule has 0 spiro atoms. The molecular formula is C21H26N2O2. The lowest BCUT2D eigenvalue weighted by Gasteiger charge is -2.41. The predicted molar refractivity (Wildman–Crippen MR) is 100.0 cm³/mol. The highest BCUT2D eigenvalue weighted by Gasteiger charge is 2.30. The first-order valence-electron chi connectivity index (χ1n) is 8.74. The highest BCUT2D eigenvalue weighted by atomic mass is 16.5. The molecule has 1 heterocycles. The maximum absolute atomic E-state index is 12.5. The second-order valence-corrected chi connectivity index (χ2v) is 7.14. The number of carbonyl (C=O) groups is 1. The van der Waals surface area contributed by atoms with Gasteiger partial charge in [0.15, 0.2) is 0 Å². The van der Waals surface area contributed by atoms with Crippen molar-refractivity contribution in [2.75, 3.05) is 20.2 Å². The minimum Gasteiger partial charge on any atom is -0.496 e. The first kappa shape index (κ1) is 17.5. The van der Waals surface area contributed by atoms with E-state index in [-0.39, 0.29) is 11.4 Å². The monoisotopic (exact) mass is 338 g/mol. The van der Waals surface area contributed by atoms with Crippen LogP contribution < -0.4 is 10.1 Å². The average molecular weight is 338 g/mol. The lowest BCUT2D eigenvalue weighted by atomic mass is 9.94. The Kier molecular flexibility index (Phi) is 5.09. The fourth-order valence-electron chi connectivity index (χ4n) is 3.35. The first-order chi connectivity index (χ1) is 12.0. The van der Waals surface area contributed by atoms with Gasteiger partial charge >= 0.3 is 0 Å². The second kappa shape index (κ2) is 7.28. The molecule has 0 aliphatic carbocycles. The van der Waals surface area contributed by atoms with E-state index in [0.717, 1.165) is 19.5 Å². The standard InChI is InChI=1S/C21H26N2O2/c1-21(2,23-13-12-16-8-4-5-9-17(16)14-23)15-22-20(24)18-10-6-7-11-19(18)25-3/h4-11H,12-15H2,1-3H3,(H,22,24). The van der Waals surface area contributed by atoms with E-state index in [9.17, 15) is 4.79 Å². The Morgan fingerprint density at radius 2 is 1.80 bits per heavy atom.